The van der Waals surface area contributed by atoms with Crippen LogP contribution < -0.4 is 5.73 Å². The molecule has 0 spiro atoms. The lowest BCUT2D eigenvalue weighted by atomic mass is 10.0. The van der Waals surface area contributed by atoms with Crippen molar-refractivity contribution in [3.05, 3.63) is 101 Å². The summed E-state index contributed by atoms with van der Waals surface area (Å²) in [7, 11) is 1.57. The van der Waals surface area contributed by atoms with Crippen LogP contribution in [-0.2, 0) is 4.74 Å². The van der Waals surface area contributed by atoms with Gasteiger partial charge >= 0.3 is 0 Å². The quantitative estimate of drug-likeness (QED) is 0.696. The van der Waals surface area contributed by atoms with Gasteiger partial charge in [0.2, 0.25) is 5.91 Å². The number of benzene rings is 2. The summed E-state index contributed by atoms with van der Waals surface area (Å²) in [6.45, 7) is 0. The van der Waals surface area contributed by atoms with Gasteiger partial charge in [-0.3, -0.25) is 9.78 Å². The fourth-order valence-corrected chi connectivity index (χ4v) is 2.62. The molecule has 3 aromatic rings. The van der Waals surface area contributed by atoms with E-state index in [4.69, 9.17) is 15.5 Å². The summed E-state index contributed by atoms with van der Waals surface area (Å²) in [5.74, 6) is -0.537. The monoisotopic (exact) mass is 345 g/mol. The summed E-state index contributed by atoms with van der Waals surface area (Å²) >= 11 is 0. The van der Waals surface area contributed by atoms with Crippen molar-refractivity contribution >= 4 is 11.6 Å². The van der Waals surface area contributed by atoms with Crippen LogP contribution in [0.2, 0.25) is 0 Å². The fraction of sp³-hybridized carbons (Fsp3) is 0.0952. The average Bonchev–Trinajstić information content (AvgIpc) is 2.70. The van der Waals surface area contributed by atoms with Crippen molar-refractivity contribution < 1.29 is 9.53 Å². The highest BCUT2D eigenvalue weighted by molar-refractivity contribution is 6.12. The molecule has 0 radical (unpaired) electrons. The second-order valence-corrected chi connectivity index (χ2v) is 5.67. The highest BCUT2D eigenvalue weighted by Crippen LogP contribution is 2.22. The van der Waals surface area contributed by atoms with E-state index >= 15 is 0 Å². The second kappa shape index (κ2) is 8.18. The number of nitrogens with two attached hydrogens (primary N) is 1. The Balaban J connectivity index is 2.08. The third-order valence-electron chi connectivity index (χ3n) is 3.89. The fourth-order valence-electron chi connectivity index (χ4n) is 2.62. The van der Waals surface area contributed by atoms with Crippen molar-refractivity contribution in [1.29, 1.82) is 0 Å². The summed E-state index contributed by atoms with van der Waals surface area (Å²) in [5, 5.41) is 0. The molecule has 1 atom stereocenters. The van der Waals surface area contributed by atoms with Crippen molar-refractivity contribution in [3.63, 3.8) is 0 Å². The Morgan fingerprint density at radius 3 is 2.04 bits per heavy atom. The maximum Gasteiger partial charge on any atom is 0.250 e. The molecule has 5 nitrogen and oxygen atoms in total. The number of primary amides is 1. The standard InChI is InChI=1S/C21H19N3O2/c1-26-21(18-12-17(20(22)25)13-23-14-18)24-19(15-8-4-2-5-9-15)16-10-6-3-7-11-16/h2-14,21H,1H3,(H2,22,25). The van der Waals surface area contributed by atoms with Crippen molar-refractivity contribution in [3.8, 4) is 0 Å². The van der Waals surface area contributed by atoms with Gasteiger partial charge in [-0.25, -0.2) is 4.99 Å². The highest BCUT2D eigenvalue weighted by atomic mass is 16.5. The number of carbonyl (C=O) groups is 1. The predicted molar refractivity (Wildman–Crippen MR) is 101 cm³/mol. The average molecular weight is 345 g/mol. The van der Waals surface area contributed by atoms with Crippen LogP contribution in [0.25, 0.3) is 0 Å². The van der Waals surface area contributed by atoms with Crippen LogP contribution >= 0.6 is 0 Å². The number of carbonyl (C=O) groups excluding carboxylic acids is 1. The van der Waals surface area contributed by atoms with Gasteiger partial charge in [0.1, 0.15) is 0 Å². The highest BCUT2D eigenvalue weighted by Gasteiger charge is 2.15. The minimum Gasteiger partial charge on any atom is -0.366 e. The summed E-state index contributed by atoms with van der Waals surface area (Å²) in [6.07, 6.45) is 2.44. The molecule has 26 heavy (non-hydrogen) atoms. The van der Waals surface area contributed by atoms with E-state index < -0.39 is 12.1 Å². The lowest BCUT2D eigenvalue weighted by Gasteiger charge is -2.15. The number of ether oxygens (including phenoxy) is 1. The minimum atomic E-state index is -0.614. The molecule has 0 aliphatic carbocycles. The van der Waals surface area contributed by atoms with Crippen molar-refractivity contribution in [2.45, 2.75) is 6.23 Å². The van der Waals surface area contributed by atoms with Crippen molar-refractivity contribution in [2.75, 3.05) is 7.11 Å². The first kappa shape index (κ1) is 17.5. The molecular weight excluding hydrogens is 326 g/mol. The number of aliphatic imine (C=N–C) groups is 1. The summed E-state index contributed by atoms with van der Waals surface area (Å²) in [4.78, 5) is 20.3. The molecule has 0 saturated heterocycles. The van der Waals surface area contributed by atoms with E-state index in [9.17, 15) is 4.79 Å². The Hall–Kier alpha value is -3.31. The summed E-state index contributed by atoms with van der Waals surface area (Å²) in [6, 6.07) is 21.4. The van der Waals surface area contributed by atoms with Gasteiger partial charge in [-0.1, -0.05) is 60.7 Å². The summed E-state index contributed by atoms with van der Waals surface area (Å²) < 4.78 is 5.56. The van der Waals surface area contributed by atoms with Crippen molar-refractivity contribution in [2.24, 2.45) is 10.7 Å². The van der Waals surface area contributed by atoms with Crippen LogP contribution in [0.5, 0.6) is 0 Å². The van der Waals surface area contributed by atoms with Gasteiger partial charge in [0.15, 0.2) is 6.23 Å². The van der Waals surface area contributed by atoms with Gasteiger partial charge < -0.3 is 10.5 Å². The molecule has 0 fully saturated rings. The van der Waals surface area contributed by atoms with Gasteiger partial charge in [0, 0.05) is 36.2 Å². The molecule has 0 saturated carbocycles. The van der Waals surface area contributed by atoms with Gasteiger partial charge in [-0.05, 0) is 6.07 Å². The van der Waals surface area contributed by atoms with Crippen LogP contribution in [0.15, 0.2) is 84.1 Å². The van der Waals surface area contributed by atoms with E-state index in [0.717, 1.165) is 16.8 Å². The number of hydrogen-bond donors (Lipinski definition) is 1. The van der Waals surface area contributed by atoms with E-state index in [0.29, 0.717) is 11.1 Å². The van der Waals surface area contributed by atoms with E-state index in [1.165, 1.54) is 6.20 Å². The zero-order valence-electron chi connectivity index (χ0n) is 14.4. The number of nitrogens with zero attached hydrogens (tertiary/aromatic N) is 2. The Labute approximate surface area is 152 Å². The topological polar surface area (TPSA) is 77.6 Å². The lowest BCUT2D eigenvalue weighted by molar-refractivity contribution is 0.0997. The summed E-state index contributed by atoms with van der Waals surface area (Å²) in [5.41, 5.74) is 9.07. The number of rotatable bonds is 6. The molecule has 0 bridgehead atoms. The van der Waals surface area contributed by atoms with E-state index in [-0.39, 0.29) is 0 Å². The SMILES string of the molecule is COC(N=C(c1ccccc1)c1ccccc1)c1cncc(C(N)=O)c1. The second-order valence-electron chi connectivity index (χ2n) is 5.67. The third-order valence-corrected chi connectivity index (χ3v) is 3.89. The first-order valence-electron chi connectivity index (χ1n) is 8.15. The number of hydrogen-bond acceptors (Lipinski definition) is 4. The maximum absolute atomic E-state index is 11.4. The molecule has 2 aromatic carbocycles. The zero-order valence-corrected chi connectivity index (χ0v) is 14.4. The number of amides is 1. The lowest BCUT2D eigenvalue weighted by Crippen LogP contribution is -2.13. The normalized spacial score (nSPS) is 11.6. The van der Waals surface area contributed by atoms with Crippen LogP contribution in [0, 0.1) is 0 Å². The van der Waals surface area contributed by atoms with E-state index in [2.05, 4.69) is 4.98 Å². The van der Waals surface area contributed by atoms with E-state index in [1.807, 2.05) is 60.7 Å². The molecule has 3 rings (SSSR count). The number of pyridine rings is 1. The smallest absolute Gasteiger partial charge is 0.250 e. The molecule has 130 valence electrons. The largest absolute Gasteiger partial charge is 0.366 e. The molecule has 1 unspecified atom stereocenters. The Bertz CT molecular complexity index is 867. The molecule has 5 heteroatoms. The van der Waals surface area contributed by atoms with E-state index in [1.54, 1.807) is 19.4 Å². The third kappa shape index (κ3) is 4.02. The molecule has 1 amide bonds. The predicted octanol–water partition coefficient (Wildman–Crippen LogP) is 3.36. The zero-order chi connectivity index (χ0) is 18.4. The Kier molecular flexibility index (Phi) is 5.51. The molecule has 0 aliphatic heterocycles. The molecule has 1 aromatic heterocycles. The first-order chi connectivity index (χ1) is 12.7. The van der Waals surface area contributed by atoms with Crippen LogP contribution in [-0.4, -0.2) is 23.7 Å². The van der Waals surface area contributed by atoms with Gasteiger partial charge in [0.05, 0.1) is 11.3 Å². The molecule has 0 aliphatic rings. The van der Waals surface area contributed by atoms with Crippen molar-refractivity contribution in [1.82, 2.24) is 4.98 Å². The number of methoxy groups -OCH3 is 1. The molecule has 2 N–H and O–H groups in total. The number of aromatic nitrogens is 1. The van der Waals surface area contributed by atoms with Gasteiger partial charge in [-0.2, -0.15) is 0 Å². The van der Waals surface area contributed by atoms with Crippen LogP contribution in [0.3, 0.4) is 0 Å². The van der Waals surface area contributed by atoms with Crippen LogP contribution in [0.4, 0.5) is 0 Å². The van der Waals surface area contributed by atoms with Crippen LogP contribution in [0.1, 0.15) is 33.3 Å². The maximum atomic E-state index is 11.4. The van der Waals surface area contributed by atoms with Gasteiger partial charge in [0.25, 0.3) is 0 Å². The minimum absolute atomic E-state index is 0.320. The molecule has 1 heterocycles. The van der Waals surface area contributed by atoms with Gasteiger partial charge in [-0.15, -0.1) is 0 Å². The Morgan fingerprint density at radius 1 is 0.962 bits per heavy atom. The Morgan fingerprint density at radius 2 is 1.54 bits per heavy atom. The first-order valence-corrected chi connectivity index (χ1v) is 8.15. The molecular formula is C21H19N3O2.